The Kier molecular flexibility index (Phi) is 2.79. The van der Waals surface area contributed by atoms with Crippen LogP contribution in [0.25, 0.3) is 10.8 Å². The van der Waals surface area contributed by atoms with Gasteiger partial charge in [0.05, 0.1) is 5.60 Å². The Morgan fingerprint density at radius 2 is 2.00 bits per heavy atom. The smallest absolute Gasteiger partial charge is 0.133 e. The van der Waals surface area contributed by atoms with Gasteiger partial charge in [0, 0.05) is 18.1 Å². The Balaban J connectivity index is 2.30. The zero-order chi connectivity index (χ0) is 11.6. The number of aliphatic hydroxyl groups is 1. The van der Waals surface area contributed by atoms with Gasteiger partial charge in [0.25, 0.3) is 0 Å². The van der Waals surface area contributed by atoms with Crippen LogP contribution < -0.4 is 5.32 Å². The van der Waals surface area contributed by atoms with Crippen molar-refractivity contribution in [2.24, 2.45) is 0 Å². The maximum atomic E-state index is 9.66. The molecule has 1 heterocycles. The first kappa shape index (κ1) is 10.9. The molecular formula is C13H16N2O. The molecule has 0 saturated heterocycles. The summed E-state index contributed by atoms with van der Waals surface area (Å²) in [6.07, 6.45) is 1.77. The fraction of sp³-hybridized carbons (Fsp3) is 0.308. The van der Waals surface area contributed by atoms with Crippen LogP contribution in [0.4, 0.5) is 5.82 Å². The second-order valence-corrected chi connectivity index (χ2v) is 4.55. The summed E-state index contributed by atoms with van der Waals surface area (Å²) in [5.41, 5.74) is -0.737. The molecule has 0 atom stereocenters. The van der Waals surface area contributed by atoms with Crippen LogP contribution in [0.5, 0.6) is 0 Å². The molecule has 1 aromatic carbocycles. The third-order valence-electron chi connectivity index (χ3n) is 2.36. The van der Waals surface area contributed by atoms with Crippen molar-refractivity contribution in [2.45, 2.75) is 19.4 Å². The summed E-state index contributed by atoms with van der Waals surface area (Å²) < 4.78 is 0. The minimum absolute atomic E-state index is 0.480. The average molecular weight is 216 g/mol. The van der Waals surface area contributed by atoms with E-state index in [1.54, 1.807) is 20.0 Å². The molecule has 3 heteroatoms. The Labute approximate surface area is 95.1 Å². The first-order valence-electron chi connectivity index (χ1n) is 5.36. The molecule has 84 valence electrons. The third kappa shape index (κ3) is 2.49. The summed E-state index contributed by atoms with van der Waals surface area (Å²) in [6.45, 7) is 4.02. The minimum atomic E-state index is -0.737. The number of fused-ring (bicyclic) bond motifs is 1. The molecule has 0 amide bonds. The lowest BCUT2D eigenvalue weighted by Gasteiger charge is -2.18. The quantitative estimate of drug-likeness (QED) is 0.828. The average Bonchev–Trinajstić information content (AvgIpc) is 2.25. The third-order valence-corrected chi connectivity index (χ3v) is 2.36. The molecule has 1 aromatic heterocycles. The van der Waals surface area contributed by atoms with Gasteiger partial charge in [-0.3, -0.25) is 0 Å². The van der Waals surface area contributed by atoms with Crippen molar-refractivity contribution >= 4 is 16.6 Å². The van der Waals surface area contributed by atoms with Gasteiger partial charge in [0.2, 0.25) is 0 Å². The lowest BCUT2D eigenvalue weighted by Crippen LogP contribution is -2.29. The van der Waals surface area contributed by atoms with Crippen molar-refractivity contribution in [1.29, 1.82) is 0 Å². The van der Waals surface area contributed by atoms with Gasteiger partial charge >= 0.3 is 0 Å². The molecule has 2 aromatic rings. The van der Waals surface area contributed by atoms with E-state index in [1.807, 2.05) is 30.3 Å². The van der Waals surface area contributed by atoms with E-state index >= 15 is 0 Å². The lowest BCUT2D eigenvalue weighted by atomic mass is 10.1. The predicted octanol–water partition coefficient (Wildman–Crippen LogP) is 2.42. The van der Waals surface area contributed by atoms with Crippen LogP contribution in [0.15, 0.2) is 36.5 Å². The fourth-order valence-electron chi connectivity index (χ4n) is 1.56. The summed E-state index contributed by atoms with van der Waals surface area (Å²) in [5.74, 6) is 0.820. The van der Waals surface area contributed by atoms with E-state index < -0.39 is 5.60 Å². The van der Waals surface area contributed by atoms with Gasteiger partial charge in [0.15, 0.2) is 0 Å². The van der Waals surface area contributed by atoms with Crippen LogP contribution in [0, 0.1) is 0 Å². The van der Waals surface area contributed by atoms with E-state index in [9.17, 15) is 5.11 Å². The van der Waals surface area contributed by atoms with E-state index in [1.165, 1.54) is 0 Å². The summed E-state index contributed by atoms with van der Waals surface area (Å²) in [7, 11) is 0. The number of pyridine rings is 1. The molecule has 0 saturated carbocycles. The Bertz CT molecular complexity index is 483. The fourth-order valence-corrected chi connectivity index (χ4v) is 1.56. The number of benzene rings is 1. The van der Waals surface area contributed by atoms with Gasteiger partial charge in [0.1, 0.15) is 5.82 Å². The van der Waals surface area contributed by atoms with Crippen molar-refractivity contribution in [3.63, 3.8) is 0 Å². The number of nitrogens with zero attached hydrogens (tertiary/aromatic N) is 1. The molecule has 0 spiro atoms. The lowest BCUT2D eigenvalue weighted by molar-refractivity contribution is 0.0944. The summed E-state index contributed by atoms with van der Waals surface area (Å²) in [4.78, 5) is 4.29. The Hall–Kier alpha value is -1.61. The van der Waals surface area contributed by atoms with E-state index in [0.717, 1.165) is 16.6 Å². The van der Waals surface area contributed by atoms with Gasteiger partial charge in [-0.25, -0.2) is 4.98 Å². The predicted molar refractivity (Wildman–Crippen MR) is 66.5 cm³/mol. The first-order valence-corrected chi connectivity index (χ1v) is 5.36. The number of hydrogen-bond acceptors (Lipinski definition) is 3. The molecule has 16 heavy (non-hydrogen) atoms. The number of aromatic nitrogens is 1. The molecule has 0 fully saturated rings. The normalized spacial score (nSPS) is 11.7. The highest BCUT2D eigenvalue weighted by molar-refractivity contribution is 5.91. The maximum absolute atomic E-state index is 9.66. The largest absolute Gasteiger partial charge is 0.389 e. The molecule has 2 rings (SSSR count). The van der Waals surface area contributed by atoms with Crippen LogP contribution in [-0.2, 0) is 0 Å². The van der Waals surface area contributed by atoms with Crippen LogP contribution >= 0.6 is 0 Å². The highest BCUT2D eigenvalue weighted by Gasteiger charge is 2.12. The first-order chi connectivity index (χ1) is 7.56. The zero-order valence-electron chi connectivity index (χ0n) is 9.57. The molecule has 0 unspecified atom stereocenters. The number of hydrogen-bond donors (Lipinski definition) is 2. The molecule has 0 aliphatic rings. The highest BCUT2D eigenvalue weighted by atomic mass is 16.3. The van der Waals surface area contributed by atoms with Crippen LogP contribution in [0.2, 0.25) is 0 Å². The standard InChI is InChI=1S/C13H16N2O/c1-13(2,16)9-15-12-11-6-4-3-5-10(11)7-8-14-12/h3-8,16H,9H2,1-2H3,(H,14,15). The van der Waals surface area contributed by atoms with Gasteiger partial charge in [-0.2, -0.15) is 0 Å². The van der Waals surface area contributed by atoms with Crippen molar-refractivity contribution < 1.29 is 5.11 Å². The van der Waals surface area contributed by atoms with Crippen LogP contribution in [-0.4, -0.2) is 22.2 Å². The van der Waals surface area contributed by atoms with Crippen molar-refractivity contribution in [3.8, 4) is 0 Å². The number of nitrogens with one attached hydrogen (secondary N) is 1. The van der Waals surface area contributed by atoms with Crippen LogP contribution in [0.1, 0.15) is 13.8 Å². The van der Waals surface area contributed by atoms with E-state index in [2.05, 4.69) is 10.3 Å². The van der Waals surface area contributed by atoms with Crippen molar-refractivity contribution in [3.05, 3.63) is 36.5 Å². The van der Waals surface area contributed by atoms with Gasteiger partial charge in [-0.05, 0) is 25.3 Å². The monoisotopic (exact) mass is 216 g/mol. The SMILES string of the molecule is CC(C)(O)CNc1nccc2ccccc12. The molecule has 0 aliphatic carbocycles. The summed E-state index contributed by atoms with van der Waals surface area (Å²) in [6, 6.07) is 10.0. The Morgan fingerprint density at radius 1 is 1.25 bits per heavy atom. The second kappa shape index (κ2) is 4.10. The topological polar surface area (TPSA) is 45.1 Å². The second-order valence-electron chi connectivity index (χ2n) is 4.55. The number of rotatable bonds is 3. The van der Waals surface area contributed by atoms with Gasteiger partial charge in [-0.1, -0.05) is 24.3 Å². The Morgan fingerprint density at radius 3 is 2.75 bits per heavy atom. The van der Waals surface area contributed by atoms with Gasteiger partial charge in [-0.15, -0.1) is 0 Å². The molecule has 2 N–H and O–H groups in total. The van der Waals surface area contributed by atoms with E-state index in [0.29, 0.717) is 6.54 Å². The maximum Gasteiger partial charge on any atom is 0.133 e. The van der Waals surface area contributed by atoms with Crippen LogP contribution in [0.3, 0.4) is 0 Å². The van der Waals surface area contributed by atoms with Gasteiger partial charge < -0.3 is 10.4 Å². The van der Waals surface area contributed by atoms with Crippen molar-refractivity contribution in [2.75, 3.05) is 11.9 Å². The molecular weight excluding hydrogens is 200 g/mol. The number of anilines is 1. The molecule has 0 bridgehead atoms. The zero-order valence-corrected chi connectivity index (χ0v) is 9.57. The minimum Gasteiger partial charge on any atom is -0.389 e. The molecule has 0 radical (unpaired) electrons. The highest BCUT2D eigenvalue weighted by Crippen LogP contribution is 2.20. The summed E-state index contributed by atoms with van der Waals surface area (Å²) in [5, 5.41) is 15.1. The van der Waals surface area contributed by atoms with E-state index in [-0.39, 0.29) is 0 Å². The molecule has 3 nitrogen and oxygen atoms in total. The molecule has 0 aliphatic heterocycles. The van der Waals surface area contributed by atoms with Crippen molar-refractivity contribution in [1.82, 2.24) is 4.98 Å². The van der Waals surface area contributed by atoms with E-state index in [4.69, 9.17) is 0 Å². The summed E-state index contributed by atoms with van der Waals surface area (Å²) >= 11 is 0.